The summed E-state index contributed by atoms with van der Waals surface area (Å²) < 4.78 is 22.2. The van der Waals surface area contributed by atoms with Gasteiger partial charge in [-0.1, -0.05) is 187 Å². The number of carbonyl (C=O) groups excluding carboxylic acids is 2. The lowest BCUT2D eigenvalue weighted by Crippen LogP contribution is -2.59. The van der Waals surface area contributed by atoms with Crippen LogP contribution < -0.4 is 0 Å². The molecule has 57 heavy (non-hydrogen) atoms. The summed E-state index contributed by atoms with van der Waals surface area (Å²) in [6, 6.07) is 0. The second kappa shape index (κ2) is 38.6. The number of hydrogen-bond donors (Lipinski definition) is 4. The van der Waals surface area contributed by atoms with Crippen molar-refractivity contribution >= 4 is 11.9 Å². The standard InChI is InChI=1S/C47H88O10/c1-3-5-7-9-11-13-15-16-17-18-19-20-21-22-23-24-26-27-29-31-33-35-42(49)54-38-40(39-55-47-46(53)45(52)44(51)41(37-48)57-47)56-43(50)36-34-32-30-28-25-14-12-10-8-6-4-2/h10,12,40-41,44-48,51-53H,3-9,11,13-39H2,1-2H3/b12-10-. The van der Waals surface area contributed by atoms with Crippen LogP contribution in [0.25, 0.3) is 0 Å². The summed E-state index contributed by atoms with van der Waals surface area (Å²) in [5, 5.41) is 40.0. The third-order valence-corrected chi connectivity index (χ3v) is 11.2. The molecule has 1 rings (SSSR count). The van der Waals surface area contributed by atoms with Crippen LogP contribution in [0.2, 0.25) is 0 Å². The van der Waals surface area contributed by atoms with E-state index in [1.165, 1.54) is 128 Å². The lowest BCUT2D eigenvalue weighted by atomic mass is 9.99. The van der Waals surface area contributed by atoms with Gasteiger partial charge in [0.15, 0.2) is 12.4 Å². The summed E-state index contributed by atoms with van der Waals surface area (Å²) in [6.45, 7) is 3.40. The summed E-state index contributed by atoms with van der Waals surface area (Å²) in [6.07, 6.45) is 33.7. The van der Waals surface area contributed by atoms with E-state index in [1.807, 2.05) is 0 Å². The van der Waals surface area contributed by atoms with Crippen LogP contribution in [0.4, 0.5) is 0 Å². The van der Waals surface area contributed by atoms with Gasteiger partial charge in [-0.3, -0.25) is 9.59 Å². The van der Waals surface area contributed by atoms with Crippen molar-refractivity contribution in [3.63, 3.8) is 0 Å². The molecule has 0 radical (unpaired) electrons. The maximum Gasteiger partial charge on any atom is 0.306 e. The Morgan fingerprint density at radius 1 is 0.526 bits per heavy atom. The Hall–Kier alpha value is -1.56. The Bertz CT molecular complexity index is 943. The first kappa shape index (κ1) is 53.5. The van der Waals surface area contributed by atoms with Crippen LogP contribution in [0, 0.1) is 0 Å². The van der Waals surface area contributed by atoms with Gasteiger partial charge < -0.3 is 39.4 Å². The molecule has 336 valence electrons. The topological polar surface area (TPSA) is 152 Å². The van der Waals surface area contributed by atoms with Crippen LogP contribution >= 0.6 is 0 Å². The fourth-order valence-electron chi connectivity index (χ4n) is 7.35. The second-order valence-corrected chi connectivity index (χ2v) is 16.6. The number of unbranched alkanes of at least 4 members (excludes halogenated alkanes) is 27. The molecule has 0 aromatic rings. The van der Waals surface area contributed by atoms with Crippen molar-refractivity contribution in [2.75, 3.05) is 19.8 Å². The van der Waals surface area contributed by atoms with Gasteiger partial charge in [0, 0.05) is 12.8 Å². The number of esters is 2. The van der Waals surface area contributed by atoms with E-state index in [-0.39, 0.29) is 32.0 Å². The van der Waals surface area contributed by atoms with Gasteiger partial charge in [0.25, 0.3) is 0 Å². The highest BCUT2D eigenvalue weighted by molar-refractivity contribution is 5.70. The Balaban J connectivity index is 2.23. The van der Waals surface area contributed by atoms with Gasteiger partial charge in [0.05, 0.1) is 13.2 Å². The summed E-state index contributed by atoms with van der Waals surface area (Å²) in [5.41, 5.74) is 0. The highest BCUT2D eigenvalue weighted by Gasteiger charge is 2.44. The molecule has 0 saturated carbocycles. The smallest absolute Gasteiger partial charge is 0.306 e. The third-order valence-electron chi connectivity index (χ3n) is 11.2. The maximum absolute atomic E-state index is 12.7. The van der Waals surface area contributed by atoms with Gasteiger partial charge in [-0.25, -0.2) is 0 Å². The first-order valence-corrected chi connectivity index (χ1v) is 23.8. The highest BCUT2D eigenvalue weighted by atomic mass is 16.7. The molecular formula is C47H88O10. The van der Waals surface area contributed by atoms with E-state index in [0.717, 1.165) is 57.8 Å². The fourth-order valence-corrected chi connectivity index (χ4v) is 7.35. The number of hydrogen-bond acceptors (Lipinski definition) is 10. The van der Waals surface area contributed by atoms with Crippen molar-refractivity contribution in [1.82, 2.24) is 0 Å². The molecule has 0 aromatic heterocycles. The average molecular weight is 813 g/mol. The summed E-state index contributed by atoms with van der Waals surface area (Å²) in [7, 11) is 0. The fraction of sp³-hybridized carbons (Fsp3) is 0.915. The Morgan fingerprint density at radius 3 is 1.42 bits per heavy atom. The average Bonchev–Trinajstić information content (AvgIpc) is 3.21. The zero-order valence-corrected chi connectivity index (χ0v) is 36.6. The van der Waals surface area contributed by atoms with Gasteiger partial charge in [-0.15, -0.1) is 0 Å². The normalized spacial score (nSPS) is 20.3. The Morgan fingerprint density at radius 2 is 0.947 bits per heavy atom. The third kappa shape index (κ3) is 30.2. The molecule has 1 heterocycles. The van der Waals surface area contributed by atoms with Crippen LogP contribution in [0.3, 0.4) is 0 Å². The van der Waals surface area contributed by atoms with Gasteiger partial charge >= 0.3 is 11.9 Å². The number of allylic oxidation sites excluding steroid dienone is 2. The van der Waals surface area contributed by atoms with Crippen LogP contribution in [-0.2, 0) is 28.5 Å². The zero-order chi connectivity index (χ0) is 41.6. The van der Waals surface area contributed by atoms with Crippen LogP contribution in [0.5, 0.6) is 0 Å². The van der Waals surface area contributed by atoms with Crippen molar-refractivity contribution in [3.05, 3.63) is 12.2 Å². The molecule has 1 aliphatic rings. The number of aliphatic hydroxyl groups is 4. The molecule has 1 fully saturated rings. The number of rotatable bonds is 40. The van der Waals surface area contributed by atoms with Gasteiger partial charge in [0.2, 0.25) is 0 Å². The molecule has 0 spiro atoms. The lowest BCUT2D eigenvalue weighted by Gasteiger charge is -2.39. The molecule has 0 bridgehead atoms. The number of carbonyl (C=O) groups is 2. The van der Waals surface area contributed by atoms with Crippen molar-refractivity contribution in [3.8, 4) is 0 Å². The number of ether oxygens (including phenoxy) is 4. The van der Waals surface area contributed by atoms with E-state index in [4.69, 9.17) is 18.9 Å². The molecule has 0 aromatic carbocycles. The molecule has 6 atom stereocenters. The molecule has 1 aliphatic heterocycles. The molecule has 0 aliphatic carbocycles. The quantitative estimate of drug-likeness (QED) is 0.0267. The predicted octanol–water partition coefficient (Wildman–Crippen LogP) is 10.3. The molecule has 6 unspecified atom stereocenters. The maximum atomic E-state index is 12.7. The lowest BCUT2D eigenvalue weighted by molar-refractivity contribution is -0.305. The van der Waals surface area contributed by atoms with E-state index in [9.17, 15) is 30.0 Å². The zero-order valence-electron chi connectivity index (χ0n) is 36.6. The minimum absolute atomic E-state index is 0.215. The van der Waals surface area contributed by atoms with E-state index in [2.05, 4.69) is 26.0 Å². The van der Waals surface area contributed by atoms with E-state index in [0.29, 0.717) is 6.42 Å². The van der Waals surface area contributed by atoms with Gasteiger partial charge in [0.1, 0.15) is 31.0 Å². The molecule has 1 saturated heterocycles. The van der Waals surface area contributed by atoms with Crippen LogP contribution in [0.15, 0.2) is 12.2 Å². The largest absolute Gasteiger partial charge is 0.462 e. The van der Waals surface area contributed by atoms with Crippen LogP contribution in [-0.4, -0.2) is 89.0 Å². The molecule has 4 N–H and O–H groups in total. The minimum Gasteiger partial charge on any atom is -0.462 e. The predicted molar refractivity (Wildman–Crippen MR) is 229 cm³/mol. The Labute approximate surface area is 348 Å². The summed E-state index contributed by atoms with van der Waals surface area (Å²) in [4.78, 5) is 25.3. The van der Waals surface area contributed by atoms with Crippen LogP contribution in [0.1, 0.15) is 219 Å². The molecule has 10 heteroatoms. The van der Waals surface area contributed by atoms with Crippen molar-refractivity contribution < 1.29 is 49.0 Å². The SMILES string of the molecule is CCCC/C=C\CCCCCCCC(=O)OC(COC(=O)CCCCCCCCCCCCCCCCCCCCCCC)COC1OC(CO)C(O)C(O)C1O. The van der Waals surface area contributed by atoms with Crippen molar-refractivity contribution in [2.45, 2.75) is 256 Å². The monoisotopic (exact) mass is 813 g/mol. The summed E-state index contributed by atoms with van der Waals surface area (Å²) in [5.74, 6) is -0.807. The number of aliphatic hydroxyl groups excluding tert-OH is 4. The Kier molecular flexibility index (Phi) is 36.2. The first-order chi connectivity index (χ1) is 27.8. The second-order valence-electron chi connectivity index (χ2n) is 16.6. The first-order valence-electron chi connectivity index (χ1n) is 23.8. The highest BCUT2D eigenvalue weighted by Crippen LogP contribution is 2.23. The molecule has 0 amide bonds. The van der Waals surface area contributed by atoms with Crippen molar-refractivity contribution in [2.24, 2.45) is 0 Å². The summed E-state index contributed by atoms with van der Waals surface area (Å²) >= 11 is 0. The van der Waals surface area contributed by atoms with E-state index in [1.54, 1.807) is 0 Å². The van der Waals surface area contributed by atoms with E-state index < -0.39 is 49.4 Å². The van der Waals surface area contributed by atoms with Gasteiger partial charge in [-0.05, 0) is 32.1 Å². The molecule has 10 nitrogen and oxygen atoms in total. The van der Waals surface area contributed by atoms with Gasteiger partial charge in [-0.2, -0.15) is 0 Å². The minimum atomic E-state index is -1.59. The van der Waals surface area contributed by atoms with E-state index >= 15 is 0 Å². The van der Waals surface area contributed by atoms with Crippen molar-refractivity contribution in [1.29, 1.82) is 0 Å². The molecular weight excluding hydrogens is 725 g/mol.